The molecule has 1 aliphatic carbocycles. The van der Waals surface area contributed by atoms with Gasteiger partial charge in [0, 0.05) is 62.7 Å². The zero-order valence-electron chi connectivity index (χ0n) is 28.1. The molecule has 51 heavy (non-hydrogen) atoms. The van der Waals surface area contributed by atoms with Crippen LogP contribution in [0.1, 0.15) is 55.3 Å². The van der Waals surface area contributed by atoms with Gasteiger partial charge in [0.15, 0.2) is 0 Å². The molecule has 3 aromatic rings. The molecule has 1 aromatic heterocycles. The minimum atomic E-state index is -4.48. The fourth-order valence-corrected chi connectivity index (χ4v) is 6.80. The van der Waals surface area contributed by atoms with Gasteiger partial charge < -0.3 is 39.2 Å². The molecule has 2 aromatic carbocycles. The monoisotopic (exact) mass is 727 g/mol. The summed E-state index contributed by atoms with van der Waals surface area (Å²) >= 11 is 0. The van der Waals surface area contributed by atoms with Gasteiger partial charge in [-0.1, -0.05) is 23.4 Å². The summed E-state index contributed by atoms with van der Waals surface area (Å²) in [5.74, 6) is -4.61. The van der Waals surface area contributed by atoms with Crippen LogP contribution in [-0.2, 0) is 46.4 Å². The maximum Gasteiger partial charge on any atom is 0.358 e. The number of hydrogen-bond donors (Lipinski definition) is 1. The number of imide groups is 1. The van der Waals surface area contributed by atoms with E-state index in [0.717, 1.165) is 5.69 Å². The lowest BCUT2D eigenvalue weighted by atomic mass is 9.63. The van der Waals surface area contributed by atoms with Crippen LogP contribution in [0.2, 0.25) is 0 Å². The highest BCUT2D eigenvalue weighted by molar-refractivity contribution is 7.84. The molecule has 1 saturated heterocycles. The Labute approximate surface area is 294 Å². The Bertz CT molecular complexity index is 1790. The van der Waals surface area contributed by atoms with Crippen LogP contribution in [0.4, 0.5) is 11.4 Å². The molecular formula is C33H39N6O11S-3. The van der Waals surface area contributed by atoms with Gasteiger partial charge >= 0.3 is 5.97 Å². The average Bonchev–Trinajstić information content (AvgIpc) is 3.66. The third-order valence-electron chi connectivity index (χ3n) is 8.99. The van der Waals surface area contributed by atoms with E-state index in [9.17, 15) is 42.7 Å². The number of amides is 2. The summed E-state index contributed by atoms with van der Waals surface area (Å²) in [5, 5.41) is 45.7. The van der Waals surface area contributed by atoms with Gasteiger partial charge in [-0.2, -0.15) is 0 Å². The first kappa shape index (κ1) is 37.6. The molecule has 2 atom stereocenters. The van der Waals surface area contributed by atoms with Gasteiger partial charge in [-0.15, -0.1) is 22.4 Å². The van der Waals surface area contributed by atoms with E-state index in [-0.39, 0.29) is 30.9 Å². The number of benzene rings is 2. The largest absolute Gasteiger partial charge is 0.851 e. The fourth-order valence-electron chi connectivity index (χ4n) is 6.30. The van der Waals surface area contributed by atoms with E-state index < -0.39 is 64.3 Å². The highest BCUT2D eigenvalue weighted by atomic mass is 32.2. The number of phenolic OH excluding ortho intramolecular Hbond substituents is 1. The Morgan fingerprint density at radius 2 is 1.59 bits per heavy atom. The molecule has 0 bridgehead atoms. The molecule has 1 saturated carbocycles. The number of hydroxylamine groups is 2. The molecule has 0 spiro atoms. The van der Waals surface area contributed by atoms with Crippen molar-refractivity contribution in [3.05, 3.63) is 65.5 Å². The molecule has 2 fully saturated rings. The van der Waals surface area contributed by atoms with Crippen LogP contribution >= 0.6 is 0 Å². The van der Waals surface area contributed by atoms with E-state index in [1.807, 2.05) is 35.8 Å². The van der Waals surface area contributed by atoms with Gasteiger partial charge in [0.1, 0.15) is 22.5 Å². The van der Waals surface area contributed by atoms with Crippen molar-refractivity contribution in [1.82, 2.24) is 20.1 Å². The lowest BCUT2D eigenvalue weighted by molar-refractivity contribution is -0.536. The summed E-state index contributed by atoms with van der Waals surface area (Å²) in [7, 11) is -4.48. The minimum absolute atomic E-state index is 0.00306. The summed E-state index contributed by atoms with van der Waals surface area (Å²) in [6, 6.07) is 12.0. The molecule has 0 radical (unpaired) electrons. The van der Waals surface area contributed by atoms with Gasteiger partial charge in [0.2, 0.25) is 0 Å². The summed E-state index contributed by atoms with van der Waals surface area (Å²) in [6.07, 6.45) is -1.14. The maximum absolute atomic E-state index is 13.4. The van der Waals surface area contributed by atoms with Gasteiger partial charge in [0.25, 0.3) is 11.8 Å². The van der Waals surface area contributed by atoms with Crippen molar-refractivity contribution < 1.29 is 52.2 Å². The second-order valence-electron chi connectivity index (χ2n) is 12.2. The number of phenols is 1. The SMILES string of the molecule is CCN(CCOCC(=O)ON1C(=O)CCC1=O)c1ccc(C2C([O-])C(c3ccc(N(CC)CCn4cc(CS(=O)(=O)[O-])nn4)cc3O)C2[O-])cc1. The van der Waals surface area contributed by atoms with Crippen molar-refractivity contribution in [2.24, 2.45) is 0 Å². The Balaban J connectivity index is 1.12. The number of carbonyl (C=O) groups excluding carboxylic acids is 3. The number of nitrogens with zero attached hydrogens (tertiary/aromatic N) is 6. The normalized spacial score (nSPS) is 20.4. The van der Waals surface area contributed by atoms with Crippen LogP contribution in [0.15, 0.2) is 48.7 Å². The van der Waals surface area contributed by atoms with Crippen LogP contribution in [0.25, 0.3) is 0 Å². The number of anilines is 2. The molecular weight excluding hydrogens is 688 g/mol. The van der Waals surface area contributed by atoms with E-state index in [4.69, 9.17) is 9.57 Å². The molecule has 276 valence electrons. The Hall–Kier alpha value is -4.62. The Morgan fingerprint density at radius 1 is 0.961 bits per heavy atom. The van der Waals surface area contributed by atoms with Crippen molar-refractivity contribution in [1.29, 1.82) is 0 Å². The first-order chi connectivity index (χ1) is 24.3. The predicted octanol–water partition coefficient (Wildman–Crippen LogP) is -0.656. The van der Waals surface area contributed by atoms with Crippen LogP contribution in [0.5, 0.6) is 5.75 Å². The smallest absolute Gasteiger partial charge is 0.358 e. The van der Waals surface area contributed by atoms with Crippen molar-refractivity contribution in [3.8, 4) is 5.75 Å². The second-order valence-corrected chi connectivity index (χ2v) is 13.7. The highest BCUT2D eigenvalue weighted by Gasteiger charge is 2.39. The Morgan fingerprint density at radius 3 is 2.20 bits per heavy atom. The number of aromatic hydroxyl groups is 1. The van der Waals surface area contributed by atoms with E-state index in [1.165, 1.54) is 16.9 Å². The van der Waals surface area contributed by atoms with Gasteiger partial charge in [0.05, 0.1) is 24.6 Å². The number of rotatable bonds is 17. The van der Waals surface area contributed by atoms with Crippen molar-refractivity contribution in [2.75, 3.05) is 49.2 Å². The maximum atomic E-state index is 13.4. The predicted molar refractivity (Wildman–Crippen MR) is 175 cm³/mol. The standard InChI is InChI=1S/C33H40N6O11S/c1-3-36(13-14-38-18-22(34-35-38)20-51(46,47)48)24-9-10-25(26(40)17-24)31-32(44)30(33(31)45)21-5-7-23(8-6-21)37(4-2)15-16-49-19-29(43)50-39-27(41)11-12-28(39)42/h5-10,17-18,30-33,40H,3-4,11-16,19-20H2,1-2H3,(H,46,47,48)/q-2/p-1. The van der Waals surface area contributed by atoms with Crippen LogP contribution in [0, 0.1) is 0 Å². The van der Waals surface area contributed by atoms with Gasteiger partial charge in [-0.3, -0.25) is 14.3 Å². The van der Waals surface area contributed by atoms with E-state index in [2.05, 4.69) is 10.3 Å². The lowest BCUT2D eigenvalue weighted by Gasteiger charge is -2.61. The zero-order valence-corrected chi connectivity index (χ0v) is 28.9. The molecule has 5 rings (SSSR count). The molecule has 1 N–H and O–H groups in total. The summed E-state index contributed by atoms with van der Waals surface area (Å²) in [4.78, 5) is 43.8. The topological polar surface area (TPSA) is 234 Å². The van der Waals surface area contributed by atoms with Crippen molar-refractivity contribution in [2.45, 2.75) is 63.0 Å². The molecule has 18 heteroatoms. The quantitative estimate of drug-likeness (QED) is 0.103. The van der Waals surface area contributed by atoms with Crippen LogP contribution in [-0.4, -0.2) is 108 Å². The number of aromatic nitrogens is 3. The lowest BCUT2D eigenvalue weighted by Crippen LogP contribution is -2.63. The molecule has 2 unspecified atom stereocenters. The number of ether oxygens (including phenoxy) is 1. The van der Waals surface area contributed by atoms with E-state index in [1.54, 1.807) is 24.3 Å². The molecule has 1 aliphatic heterocycles. The molecule has 17 nitrogen and oxygen atoms in total. The fraction of sp³-hybridized carbons (Fsp3) is 0.485. The third kappa shape index (κ3) is 9.01. The Kier molecular flexibility index (Phi) is 11.9. The van der Waals surface area contributed by atoms with E-state index in [0.29, 0.717) is 54.6 Å². The molecule has 2 aliphatic rings. The molecule has 2 heterocycles. The first-order valence-corrected chi connectivity index (χ1v) is 18.1. The van der Waals surface area contributed by atoms with Gasteiger partial charge in [-0.05, 0) is 55.0 Å². The summed E-state index contributed by atoms with van der Waals surface area (Å²) in [5.41, 5.74) is 2.41. The van der Waals surface area contributed by atoms with Crippen molar-refractivity contribution >= 4 is 39.3 Å². The number of hydrogen-bond acceptors (Lipinski definition) is 15. The van der Waals surface area contributed by atoms with Crippen molar-refractivity contribution in [3.63, 3.8) is 0 Å². The highest BCUT2D eigenvalue weighted by Crippen LogP contribution is 2.48. The minimum Gasteiger partial charge on any atom is -0.851 e. The second kappa shape index (κ2) is 16.2. The van der Waals surface area contributed by atoms with Crippen LogP contribution in [0.3, 0.4) is 0 Å². The average molecular weight is 728 g/mol. The molecule has 2 amide bonds. The third-order valence-corrected chi connectivity index (χ3v) is 9.64. The van der Waals surface area contributed by atoms with Crippen LogP contribution < -0.4 is 20.0 Å². The van der Waals surface area contributed by atoms with E-state index >= 15 is 0 Å². The van der Waals surface area contributed by atoms with Gasteiger partial charge in [-0.25, -0.2) is 13.2 Å². The summed E-state index contributed by atoms with van der Waals surface area (Å²) in [6.45, 7) is 5.86. The summed E-state index contributed by atoms with van der Waals surface area (Å²) < 4.78 is 39.7. The number of carbonyl (C=O) groups is 3. The number of likely N-dealkylation sites (N-methyl/N-ethyl adjacent to an activating group) is 2. The zero-order chi connectivity index (χ0) is 36.9. The first-order valence-electron chi connectivity index (χ1n) is 16.5.